The van der Waals surface area contributed by atoms with Crippen molar-refractivity contribution in [1.82, 2.24) is 26.1 Å². The van der Waals surface area contributed by atoms with Crippen LogP contribution in [0, 0.1) is 5.92 Å². The van der Waals surface area contributed by atoms with Crippen molar-refractivity contribution >= 4 is 29.2 Å². The second kappa shape index (κ2) is 14.6. The van der Waals surface area contributed by atoms with Crippen LogP contribution in [0.25, 0.3) is 0 Å². The van der Waals surface area contributed by atoms with E-state index in [0.29, 0.717) is 29.3 Å². The van der Waals surface area contributed by atoms with Gasteiger partial charge in [-0.3, -0.25) is 25.4 Å². The first-order valence-electron chi connectivity index (χ1n) is 13.0. The lowest BCUT2D eigenvalue weighted by Crippen LogP contribution is -2.41. The Morgan fingerprint density at radius 2 is 1.61 bits per heavy atom. The smallest absolute Gasteiger partial charge is 0.408 e. The minimum absolute atomic E-state index is 0.118. The monoisotopic (exact) mass is 573 g/mol. The van der Waals surface area contributed by atoms with E-state index in [-0.39, 0.29) is 18.2 Å². The van der Waals surface area contributed by atoms with Crippen LogP contribution in [0.4, 0.5) is 4.79 Å². The maximum atomic E-state index is 12.7. The topological polar surface area (TPSA) is 132 Å². The Bertz CT molecular complexity index is 1450. The second-order valence-corrected chi connectivity index (χ2v) is 10.4. The predicted octanol–water partition coefficient (Wildman–Crippen LogP) is 5.21. The molecule has 0 radical (unpaired) electrons. The van der Waals surface area contributed by atoms with Crippen LogP contribution in [0.1, 0.15) is 63.3 Å². The molecule has 10 nitrogen and oxygen atoms in total. The van der Waals surface area contributed by atoms with Gasteiger partial charge in [-0.2, -0.15) is 0 Å². The molecule has 0 aliphatic carbocycles. The summed E-state index contributed by atoms with van der Waals surface area (Å²) in [6.45, 7) is 4.53. The van der Waals surface area contributed by atoms with Gasteiger partial charge < -0.3 is 14.8 Å². The van der Waals surface area contributed by atoms with Gasteiger partial charge in [-0.25, -0.2) is 9.78 Å². The van der Waals surface area contributed by atoms with Gasteiger partial charge in [0.15, 0.2) is 0 Å². The molecule has 0 fully saturated rings. The van der Waals surface area contributed by atoms with E-state index in [1.807, 2.05) is 56.3 Å². The highest BCUT2D eigenvalue weighted by molar-refractivity contribution is 7.09. The number of rotatable bonds is 11. The van der Waals surface area contributed by atoms with Crippen molar-refractivity contribution < 1.29 is 23.9 Å². The lowest BCUT2D eigenvalue weighted by molar-refractivity contribution is 0.0844. The molecule has 4 aromatic rings. The van der Waals surface area contributed by atoms with E-state index in [2.05, 4.69) is 26.1 Å². The van der Waals surface area contributed by atoms with Gasteiger partial charge in [0.25, 0.3) is 11.8 Å². The summed E-state index contributed by atoms with van der Waals surface area (Å²) in [6, 6.07) is 19.3. The van der Waals surface area contributed by atoms with Gasteiger partial charge in [-0.15, -0.1) is 11.3 Å². The molecule has 212 valence electrons. The van der Waals surface area contributed by atoms with Gasteiger partial charge in [0.05, 0.1) is 6.04 Å². The molecule has 3 amide bonds. The van der Waals surface area contributed by atoms with Crippen LogP contribution in [0.3, 0.4) is 0 Å². The Morgan fingerprint density at radius 1 is 0.878 bits per heavy atom. The SMILES string of the molecule is CC(C)C[C@H](NC(=O)OCc1ccccc1)c1nc(C(=O)NNC(=O)c2cccc(OCc3ccncc3)c2)cs1. The van der Waals surface area contributed by atoms with E-state index in [1.54, 1.807) is 42.0 Å². The number of nitrogens with zero attached hydrogens (tertiary/aromatic N) is 2. The Morgan fingerprint density at radius 3 is 2.37 bits per heavy atom. The molecule has 0 unspecified atom stereocenters. The van der Waals surface area contributed by atoms with Crippen molar-refractivity contribution in [2.24, 2.45) is 5.92 Å². The molecule has 0 spiro atoms. The molecule has 0 aliphatic rings. The van der Waals surface area contributed by atoms with Crippen LogP contribution >= 0.6 is 11.3 Å². The van der Waals surface area contributed by atoms with Crippen molar-refractivity contribution in [1.29, 1.82) is 0 Å². The number of ether oxygens (including phenoxy) is 2. The number of amides is 3. The molecule has 0 aliphatic heterocycles. The predicted molar refractivity (Wildman–Crippen MR) is 154 cm³/mol. The zero-order valence-electron chi connectivity index (χ0n) is 22.7. The molecule has 1 atom stereocenters. The summed E-state index contributed by atoms with van der Waals surface area (Å²) in [5, 5.41) is 4.99. The highest BCUT2D eigenvalue weighted by Gasteiger charge is 2.22. The molecule has 3 N–H and O–H groups in total. The van der Waals surface area contributed by atoms with Gasteiger partial charge in [0.1, 0.15) is 29.7 Å². The third kappa shape index (κ3) is 9.14. The second-order valence-electron chi connectivity index (χ2n) is 9.54. The van der Waals surface area contributed by atoms with Crippen molar-refractivity contribution in [2.45, 2.75) is 39.5 Å². The van der Waals surface area contributed by atoms with Gasteiger partial charge in [-0.1, -0.05) is 50.2 Å². The van der Waals surface area contributed by atoms with E-state index < -0.39 is 23.9 Å². The molecular formula is C30H31N5O5S. The summed E-state index contributed by atoms with van der Waals surface area (Å²) < 4.78 is 11.1. The zero-order valence-corrected chi connectivity index (χ0v) is 23.5. The van der Waals surface area contributed by atoms with E-state index in [9.17, 15) is 14.4 Å². The van der Waals surface area contributed by atoms with Gasteiger partial charge in [0.2, 0.25) is 0 Å². The molecule has 11 heteroatoms. The maximum Gasteiger partial charge on any atom is 0.408 e. The molecular weight excluding hydrogens is 542 g/mol. The lowest BCUT2D eigenvalue weighted by atomic mass is 10.0. The van der Waals surface area contributed by atoms with Crippen LogP contribution in [-0.4, -0.2) is 27.9 Å². The Labute approximate surface area is 242 Å². The van der Waals surface area contributed by atoms with Crippen LogP contribution in [0.15, 0.2) is 84.5 Å². The molecule has 41 heavy (non-hydrogen) atoms. The van der Waals surface area contributed by atoms with Gasteiger partial charge in [-0.05, 0) is 53.8 Å². The van der Waals surface area contributed by atoms with Crippen molar-refractivity contribution in [2.75, 3.05) is 0 Å². The number of aromatic nitrogens is 2. The minimum Gasteiger partial charge on any atom is -0.489 e. The number of carbonyl (C=O) groups excluding carboxylic acids is 3. The van der Waals surface area contributed by atoms with Crippen LogP contribution in [0.5, 0.6) is 5.75 Å². The highest BCUT2D eigenvalue weighted by atomic mass is 32.1. The average Bonchev–Trinajstić information content (AvgIpc) is 3.49. The van der Waals surface area contributed by atoms with E-state index >= 15 is 0 Å². The van der Waals surface area contributed by atoms with E-state index in [0.717, 1.165) is 11.1 Å². The largest absolute Gasteiger partial charge is 0.489 e. The summed E-state index contributed by atoms with van der Waals surface area (Å²) in [7, 11) is 0. The molecule has 0 saturated heterocycles. The Kier molecular flexibility index (Phi) is 10.4. The summed E-state index contributed by atoms with van der Waals surface area (Å²) in [4.78, 5) is 46.2. The third-order valence-corrected chi connectivity index (χ3v) is 6.76. The number of hydrogen-bond acceptors (Lipinski definition) is 8. The number of hydrogen-bond donors (Lipinski definition) is 3. The summed E-state index contributed by atoms with van der Waals surface area (Å²) >= 11 is 1.25. The summed E-state index contributed by atoms with van der Waals surface area (Å²) in [5.74, 6) is -0.333. The molecule has 0 bridgehead atoms. The number of carbonyl (C=O) groups is 3. The number of nitrogens with one attached hydrogen (secondary N) is 3. The Balaban J connectivity index is 1.30. The number of benzene rings is 2. The average molecular weight is 574 g/mol. The van der Waals surface area contributed by atoms with E-state index in [4.69, 9.17) is 9.47 Å². The van der Waals surface area contributed by atoms with Crippen molar-refractivity contribution in [3.8, 4) is 5.75 Å². The minimum atomic E-state index is -0.583. The molecule has 0 saturated carbocycles. The normalized spacial score (nSPS) is 11.4. The fourth-order valence-electron chi connectivity index (χ4n) is 3.77. The van der Waals surface area contributed by atoms with Crippen LogP contribution in [-0.2, 0) is 18.0 Å². The van der Waals surface area contributed by atoms with Gasteiger partial charge in [0, 0.05) is 23.3 Å². The lowest BCUT2D eigenvalue weighted by Gasteiger charge is -2.18. The first-order chi connectivity index (χ1) is 19.9. The number of thiazole rings is 1. The summed E-state index contributed by atoms with van der Waals surface area (Å²) in [5.41, 5.74) is 7.05. The van der Waals surface area contributed by atoms with Gasteiger partial charge >= 0.3 is 6.09 Å². The van der Waals surface area contributed by atoms with Crippen molar-refractivity contribution in [3.63, 3.8) is 0 Å². The standard InChI is InChI=1S/C30H31N5O5S/c1-20(2)15-25(33-30(38)40-18-21-7-4-3-5-8-21)29-32-26(19-41-29)28(37)35-34-27(36)23-9-6-10-24(16-23)39-17-22-11-13-31-14-12-22/h3-14,16,19-20,25H,15,17-18H2,1-2H3,(H,33,38)(H,34,36)(H,35,37)/t25-/m0/s1. The first kappa shape index (κ1) is 29.2. The highest BCUT2D eigenvalue weighted by Crippen LogP contribution is 2.25. The molecule has 2 heterocycles. The molecule has 2 aromatic carbocycles. The Hall–Kier alpha value is -4.77. The fraction of sp³-hybridized carbons (Fsp3) is 0.233. The molecule has 4 rings (SSSR count). The summed E-state index contributed by atoms with van der Waals surface area (Å²) in [6.07, 6.45) is 3.39. The number of hydrazine groups is 1. The maximum absolute atomic E-state index is 12.7. The first-order valence-corrected chi connectivity index (χ1v) is 13.9. The number of alkyl carbamates (subject to hydrolysis) is 1. The van der Waals surface area contributed by atoms with Crippen LogP contribution in [0.2, 0.25) is 0 Å². The fourth-order valence-corrected chi connectivity index (χ4v) is 4.64. The zero-order chi connectivity index (χ0) is 29.0. The van der Waals surface area contributed by atoms with Crippen LogP contribution < -0.4 is 20.9 Å². The van der Waals surface area contributed by atoms with Crippen molar-refractivity contribution in [3.05, 3.63) is 112 Å². The quantitative estimate of drug-likeness (QED) is 0.210. The van der Waals surface area contributed by atoms with E-state index in [1.165, 1.54) is 11.3 Å². The third-order valence-electron chi connectivity index (χ3n) is 5.81. The molecule has 2 aromatic heterocycles. The number of pyridine rings is 1.